The van der Waals surface area contributed by atoms with E-state index in [1.807, 2.05) is 0 Å². The number of aliphatic carboxylic acids is 1. The van der Waals surface area contributed by atoms with E-state index < -0.39 is 23.9 Å². The van der Waals surface area contributed by atoms with Crippen LogP contribution in [0.2, 0.25) is 0 Å². The van der Waals surface area contributed by atoms with Gasteiger partial charge in [-0.05, 0) is 12.8 Å². The highest BCUT2D eigenvalue weighted by Crippen LogP contribution is 2.12. The van der Waals surface area contributed by atoms with Crippen LogP contribution < -0.4 is 5.73 Å². The number of carboxylic acids is 1. The average Bonchev–Trinajstić information content (AvgIpc) is 2.81. The van der Waals surface area contributed by atoms with E-state index in [2.05, 4.69) is 11.7 Å². The Labute approximate surface area is 210 Å². The summed E-state index contributed by atoms with van der Waals surface area (Å²) < 4.78 is 4.64. The molecule has 0 aliphatic rings. The van der Waals surface area contributed by atoms with Gasteiger partial charge in [-0.15, -0.1) is 0 Å². The fourth-order valence-electron chi connectivity index (χ4n) is 3.33. The molecule has 0 spiro atoms. The summed E-state index contributed by atoms with van der Waals surface area (Å²) in [4.78, 5) is 35.2. The number of nitrogens with zero attached hydrogens (tertiary/aromatic N) is 1. The molecule has 0 heterocycles. The third-order valence-corrected chi connectivity index (χ3v) is 5.42. The SMILES string of the molecule is CCCCCCCCCCCCCC(=O)OC(=O)[C@@H](N)CCC(=O)O.OCCN(CCO)CCO. The highest BCUT2D eigenvalue weighted by molar-refractivity contribution is 5.88. The molecule has 0 rings (SSSR count). The molecule has 208 valence electrons. The van der Waals surface area contributed by atoms with Gasteiger partial charge >= 0.3 is 17.9 Å². The second kappa shape index (κ2) is 27.0. The first-order valence-corrected chi connectivity index (χ1v) is 13.1. The summed E-state index contributed by atoms with van der Waals surface area (Å²) in [5.74, 6) is -2.45. The van der Waals surface area contributed by atoms with Crippen LogP contribution in [0.4, 0.5) is 0 Å². The minimum atomic E-state index is -1.06. The van der Waals surface area contributed by atoms with Gasteiger partial charge in [0.2, 0.25) is 0 Å². The van der Waals surface area contributed by atoms with E-state index in [1.54, 1.807) is 4.90 Å². The van der Waals surface area contributed by atoms with Crippen LogP contribution in [0.15, 0.2) is 0 Å². The largest absolute Gasteiger partial charge is 0.481 e. The van der Waals surface area contributed by atoms with E-state index in [1.165, 1.54) is 51.4 Å². The lowest BCUT2D eigenvalue weighted by Crippen LogP contribution is -2.34. The number of unbranched alkanes of at least 4 members (excludes halogenated alkanes) is 10. The van der Waals surface area contributed by atoms with Crippen LogP contribution in [0, 0.1) is 0 Å². The molecule has 35 heavy (non-hydrogen) atoms. The zero-order chi connectivity index (χ0) is 26.7. The fourth-order valence-corrected chi connectivity index (χ4v) is 3.33. The van der Waals surface area contributed by atoms with Gasteiger partial charge in [0, 0.05) is 32.5 Å². The summed E-state index contributed by atoms with van der Waals surface area (Å²) in [5, 5.41) is 34.0. The Hall–Kier alpha value is -1.59. The smallest absolute Gasteiger partial charge is 0.330 e. The van der Waals surface area contributed by atoms with E-state index in [4.69, 9.17) is 26.2 Å². The number of aliphatic hydroxyl groups excluding tert-OH is 3. The Morgan fingerprint density at radius 3 is 1.57 bits per heavy atom. The van der Waals surface area contributed by atoms with Crippen LogP contribution in [0.3, 0.4) is 0 Å². The van der Waals surface area contributed by atoms with Crippen LogP contribution >= 0.6 is 0 Å². The van der Waals surface area contributed by atoms with Crippen LogP contribution in [0.5, 0.6) is 0 Å². The van der Waals surface area contributed by atoms with Crippen LogP contribution in [-0.2, 0) is 19.1 Å². The molecule has 10 nitrogen and oxygen atoms in total. The minimum absolute atomic E-state index is 0.0279. The predicted octanol–water partition coefficient (Wildman–Crippen LogP) is 2.21. The van der Waals surface area contributed by atoms with Crippen molar-refractivity contribution in [1.82, 2.24) is 4.90 Å². The summed E-state index contributed by atoms with van der Waals surface area (Å²) in [6.07, 6.45) is 13.0. The van der Waals surface area contributed by atoms with E-state index in [-0.39, 0.29) is 39.1 Å². The molecule has 0 aromatic carbocycles. The van der Waals surface area contributed by atoms with Crippen molar-refractivity contribution in [3.8, 4) is 0 Å². The molecule has 0 aliphatic heterocycles. The Balaban J connectivity index is 0. The van der Waals surface area contributed by atoms with Gasteiger partial charge in [0.25, 0.3) is 0 Å². The van der Waals surface area contributed by atoms with Crippen molar-refractivity contribution in [2.45, 2.75) is 103 Å². The van der Waals surface area contributed by atoms with Crippen molar-refractivity contribution >= 4 is 17.9 Å². The van der Waals surface area contributed by atoms with Crippen molar-refractivity contribution in [1.29, 1.82) is 0 Å². The zero-order valence-electron chi connectivity index (χ0n) is 21.7. The molecule has 6 N–H and O–H groups in total. The molecule has 0 radical (unpaired) electrons. The Morgan fingerprint density at radius 2 is 1.17 bits per heavy atom. The van der Waals surface area contributed by atoms with Crippen molar-refractivity contribution in [3.63, 3.8) is 0 Å². The van der Waals surface area contributed by atoms with Crippen LogP contribution in [0.25, 0.3) is 0 Å². The third-order valence-electron chi connectivity index (χ3n) is 5.42. The van der Waals surface area contributed by atoms with Gasteiger partial charge in [-0.1, -0.05) is 71.1 Å². The average molecular weight is 507 g/mol. The second-order valence-electron chi connectivity index (χ2n) is 8.63. The summed E-state index contributed by atoms with van der Waals surface area (Å²) in [7, 11) is 0. The number of carboxylic acid groups (broad SMARTS) is 1. The first-order chi connectivity index (χ1) is 16.8. The summed E-state index contributed by atoms with van der Waals surface area (Å²) >= 11 is 0. The second-order valence-corrected chi connectivity index (χ2v) is 8.63. The topological polar surface area (TPSA) is 171 Å². The van der Waals surface area contributed by atoms with E-state index in [0.717, 1.165) is 12.8 Å². The molecule has 1 atom stereocenters. The molecule has 0 saturated carbocycles. The number of carbonyl (C=O) groups excluding carboxylic acids is 2. The van der Waals surface area contributed by atoms with E-state index in [0.29, 0.717) is 26.1 Å². The quantitative estimate of drug-likeness (QED) is 0.0833. The van der Waals surface area contributed by atoms with Gasteiger partial charge in [0.15, 0.2) is 0 Å². The number of aliphatic hydroxyl groups is 3. The van der Waals surface area contributed by atoms with Gasteiger partial charge in [0.1, 0.15) is 6.04 Å². The van der Waals surface area contributed by atoms with Gasteiger partial charge in [-0.2, -0.15) is 0 Å². The van der Waals surface area contributed by atoms with Gasteiger partial charge in [-0.3, -0.25) is 14.5 Å². The van der Waals surface area contributed by atoms with E-state index in [9.17, 15) is 14.4 Å². The van der Waals surface area contributed by atoms with Crippen LogP contribution in [-0.4, -0.2) is 88.7 Å². The molecule has 10 heteroatoms. The molecule has 0 aromatic rings. The van der Waals surface area contributed by atoms with Gasteiger partial charge < -0.3 is 30.9 Å². The Bertz CT molecular complexity index is 505. The maximum atomic E-state index is 11.5. The first kappa shape index (κ1) is 35.6. The minimum Gasteiger partial charge on any atom is -0.481 e. The van der Waals surface area contributed by atoms with Crippen molar-refractivity contribution in [3.05, 3.63) is 0 Å². The van der Waals surface area contributed by atoms with Gasteiger partial charge in [0.05, 0.1) is 19.8 Å². The molecule has 0 amide bonds. The molecule has 0 saturated heterocycles. The number of carbonyl (C=O) groups is 3. The lowest BCUT2D eigenvalue weighted by atomic mass is 10.1. The number of ether oxygens (including phenoxy) is 1. The standard InChI is InChI=1S/C19H35NO5.C6H15NO3/c1-2-3-4-5-6-7-8-9-10-11-12-13-18(23)25-19(24)16(20)14-15-17(21)22;8-4-1-7(2-5-9)3-6-10/h16H,2-15,20H2,1H3,(H,21,22);8-10H,1-6H2/t16-;/m0./s1. The summed E-state index contributed by atoms with van der Waals surface area (Å²) in [5.41, 5.74) is 5.48. The van der Waals surface area contributed by atoms with Crippen LogP contribution in [0.1, 0.15) is 96.8 Å². The maximum absolute atomic E-state index is 11.5. The molecule has 0 aromatic heterocycles. The number of hydrogen-bond acceptors (Lipinski definition) is 9. The zero-order valence-corrected chi connectivity index (χ0v) is 21.7. The lowest BCUT2D eigenvalue weighted by Gasteiger charge is -2.17. The molecule has 0 fully saturated rings. The van der Waals surface area contributed by atoms with E-state index >= 15 is 0 Å². The summed E-state index contributed by atoms with van der Waals surface area (Å²) in [6, 6.07) is -1.06. The number of nitrogens with two attached hydrogens (primary N) is 1. The van der Waals surface area contributed by atoms with Crippen molar-refractivity contribution in [2.75, 3.05) is 39.5 Å². The molecule has 0 aliphatic carbocycles. The summed E-state index contributed by atoms with van der Waals surface area (Å²) in [6.45, 7) is 3.98. The maximum Gasteiger partial charge on any atom is 0.330 e. The normalized spacial score (nSPS) is 11.6. The predicted molar refractivity (Wildman–Crippen MR) is 135 cm³/mol. The molecule has 0 unspecified atom stereocenters. The highest BCUT2D eigenvalue weighted by atomic mass is 16.6. The number of esters is 2. The highest BCUT2D eigenvalue weighted by Gasteiger charge is 2.19. The molecular formula is C25H50N2O8. The molecular weight excluding hydrogens is 456 g/mol. The Morgan fingerprint density at radius 1 is 0.743 bits per heavy atom. The monoisotopic (exact) mass is 506 g/mol. The first-order valence-electron chi connectivity index (χ1n) is 13.1. The van der Waals surface area contributed by atoms with Gasteiger partial charge in [-0.25, -0.2) is 4.79 Å². The van der Waals surface area contributed by atoms with Crippen molar-refractivity contribution < 1.29 is 39.5 Å². The number of rotatable bonds is 22. The number of hydrogen-bond donors (Lipinski definition) is 5. The van der Waals surface area contributed by atoms with Crippen molar-refractivity contribution in [2.24, 2.45) is 5.73 Å². The Kier molecular flexibility index (Phi) is 27.4. The molecule has 0 bridgehead atoms. The lowest BCUT2D eigenvalue weighted by molar-refractivity contribution is -0.160. The third kappa shape index (κ3) is 26.9. The fraction of sp³-hybridized carbons (Fsp3) is 0.880.